The number of hydrogen-bond acceptors (Lipinski definition) is 6. The van der Waals surface area contributed by atoms with Gasteiger partial charge in [0.25, 0.3) is 10.0 Å². The number of benzene rings is 2. The molecule has 10 heteroatoms. The molecule has 1 aliphatic carbocycles. The van der Waals surface area contributed by atoms with E-state index in [1.807, 2.05) is 0 Å². The van der Waals surface area contributed by atoms with E-state index in [4.69, 9.17) is 25.8 Å². The average molecular weight is 523 g/mol. The first-order valence-electron chi connectivity index (χ1n) is 11.3. The lowest BCUT2D eigenvalue weighted by Crippen LogP contribution is -2.41. The summed E-state index contributed by atoms with van der Waals surface area (Å²) in [6, 6.07) is 8.85. The predicted octanol–water partition coefficient (Wildman–Crippen LogP) is 4.57. The van der Waals surface area contributed by atoms with Gasteiger partial charge < -0.3 is 19.5 Å². The number of methoxy groups -OCH3 is 3. The minimum atomic E-state index is -4.21. The van der Waals surface area contributed by atoms with E-state index in [1.165, 1.54) is 57.6 Å². The second kappa shape index (κ2) is 12.2. The Hall–Kier alpha value is -2.91. The van der Waals surface area contributed by atoms with E-state index in [0.29, 0.717) is 17.3 Å². The fourth-order valence-electron chi connectivity index (χ4n) is 3.94. The van der Waals surface area contributed by atoms with E-state index in [0.717, 1.165) is 30.0 Å². The molecule has 35 heavy (non-hydrogen) atoms. The topological polar surface area (TPSA) is 94.2 Å². The Labute approximate surface area is 211 Å². The van der Waals surface area contributed by atoms with Crippen molar-refractivity contribution in [3.63, 3.8) is 0 Å². The summed E-state index contributed by atoms with van der Waals surface area (Å²) in [7, 11) is 0.0869. The first-order chi connectivity index (χ1) is 16.8. The Morgan fingerprint density at radius 1 is 1.00 bits per heavy atom. The summed E-state index contributed by atoms with van der Waals surface area (Å²) in [6.07, 6.45) is 7.42. The molecule has 0 fully saturated rings. The average Bonchev–Trinajstić information content (AvgIpc) is 2.87. The molecule has 2 aromatic rings. The summed E-state index contributed by atoms with van der Waals surface area (Å²) in [4.78, 5) is 12.8. The lowest BCUT2D eigenvalue weighted by atomic mass is 9.97. The van der Waals surface area contributed by atoms with Crippen LogP contribution in [-0.2, 0) is 14.8 Å². The highest BCUT2D eigenvalue weighted by atomic mass is 35.5. The summed E-state index contributed by atoms with van der Waals surface area (Å²) in [6.45, 7) is -0.0198. The third-order valence-corrected chi connectivity index (χ3v) is 7.78. The minimum absolute atomic E-state index is 0.0719. The highest BCUT2D eigenvalue weighted by Gasteiger charge is 2.30. The fourth-order valence-corrected chi connectivity index (χ4v) is 5.55. The fraction of sp³-hybridized carbons (Fsp3) is 0.400. The first kappa shape index (κ1) is 26.7. The second-order valence-electron chi connectivity index (χ2n) is 8.05. The van der Waals surface area contributed by atoms with Crippen molar-refractivity contribution in [2.45, 2.75) is 37.0 Å². The van der Waals surface area contributed by atoms with Crippen LogP contribution < -0.4 is 23.8 Å². The molecule has 0 radical (unpaired) electrons. The Bertz CT molecular complexity index is 1180. The third-order valence-electron chi connectivity index (χ3n) is 5.79. The number of nitrogens with zero attached hydrogens (tertiary/aromatic N) is 1. The van der Waals surface area contributed by atoms with Crippen molar-refractivity contribution in [3.05, 3.63) is 53.1 Å². The van der Waals surface area contributed by atoms with Gasteiger partial charge in [-0.25, -0.2) is 8.42 Å². The van der Waals surface area contributed by atoms with Crippen LogP contribution in [0.4, 0.5) is 5.69 Å². The smallest absolute Gasteiger partial charge is 0.265 e. The zero-order valence-corrected chi connectivity index (χ0v) is 21.7. The van der Waals surface area contributed by atoms with Crippen LogP contribution in [0.15, 0.2) is 52.9 Å². The van der Waals surface area contributed by atoms with Crippen molar-refractivity contribution in [3.8, 4) is 17.2 Å². The normalized spacial score (nSPS) is 13.5. The number of halogens is 1. The first-order valence-corrected chi connectivity index (χ1v) is 13.1. The van der Waals surface area contributed by atoms with Crippen LogP contribution in [0, 0.1) is 0 Å². The molecule has 0 aliphatic heterocycles. The van der Waals surface area contributed by atoms with E-state index in [-0.39, 0.29) is 22.1 Å². The number of amides is 1. The lowest BCUT2D eigenvalue weighted by Gasteiger charge is -2.26. The molecule has 3 rings (SSSR count). The summed E-state index contributed by atoms with van der Waals surface area (Å²) in [5.74, 6) is 0.455. The number of carbonyl (C=O) groups is 1. The Morgan fingerprint density at radius 2 is 1.71 bits per heavy atom. The van der Waals surface area contributed by atoms with Crippen molar-refractivity contribution >= 4 is 33.2 Å². The van der Waals surface area contributed by atoms with E-state index in [2.05, 4.69) is 11.4 Å². The van der Waals surface area contributed by atoms with Gasteiger partial charge in [-0.2, -0.15) is 0 Å². The van der Waals surface area contributed by atoms with Gasteiger partial charge in [0.2, 0.25) is 5.91 Å². The lowest BCUT2D eigenvalue weighted by molar-refractivity contribution is -0.119. The molecular formula is C25H31ClN2O6S. The molecule has 8 nitrogen and oxygen atoms in total. The summed E-state index contributed by atoms with van der Waals surface area (Å²) >= 11 is 6.19. The summed E-state index contributed by atoms with van der Waals surface area (Å²) < 4.78 is 44.4. The molecule has 190 valence electrons. The standard InChI is InChI=1S/C25H31ClN2O6S/c1-32-22-11-9-19(26)15-21(22)28(17-25(29)27-14-13-18-7-5-4-6-8-18)35(30,31)20-10-12-23(33-2)24(16-20)34-3/h7,9-12,15-16H,4-6,8,13-14,17H2,1-3H3,(H,27,29). The predicted molar refractivity (Wildman–Crippen MR) is 136 cm³/mol. The third kappa shape index (κ3) is 6.61. The molecule has 0 aromatic heterocycles. The van der Waals surface area contributed by atoms with Gasteiger partial charge >= 0.3 is 0 Å². The van der Waals surface area contributed by atoms with Crippen molar-refractivity contribution in [1.82, 2.24) is 5.32 Å². The number of nitrogens with one attached hydrogen (secondary N) is 1. The number of sulfonamides is 1. The quantitative estimate of drug-likeness (QED) is 0.434. The van der Waals surface area contributed by atoms with Gasteiger partial charge in [0.15, 0.2) is 11.5 Å². The number of allylic oxidation sites excluding steroid dienone is 1. The molecule has 1 amide bonds. The molecule has 0 heterocycles. The van der Waals surface area contributed by atoms with E-state index >= 15 is 0 Å². The van der Waals surface area contributed by atoms with Gasteiger partial charge in [-0.1, -0.05) is 23.3 Å². The van der Waals surface area contributed by atoms with Crippen LogP contribution in [0.3, 0.4) is 0 Å². The number of ether oxygens (including phenoxy) is 3. The van der Waals surface area contributed by atoms with Gasteiger partial charge in [-0.3, -0.25) is 9.10 Å². The zero-order valence-electron chi connectivity index (χ0n) is 20.2. The molecule has 0 atom stereocenters. The van der Waals surface area contributed by atoms with E-state index in [9.17, 15) is 13.2 Å². The van der Waals surface area contributed by atoms with Crippen LogP contribution in [-0.4, -0.2) is 48.7 Å². The van der Waals surface area contributed by atoms with Crippen LogP contribution in [0.2, 0.25) is 5.02 Å². The van der Waals surface area contributed by atoms with Gasteiger partial charge in [0.1, 0.15) is 12.3 Å². The van der Waals surface area contributed by atoms with Crippen LogP contribution in [0.5, 0.6) is 17.2 Å². The van der Waals surface area contributed by atoms with Gasteiger partial charge in [0.05, 0.1) is 31.9 Å². The van der Waals surface area contributed by atoms with Crippen molar-refractivity contribution in [1.29, 1.82) is 0 Å². The maximum Gasteiger partial charge on any atom is 0.265 e. The van der Waals surface area contributed by atoms with Gasteiger partial charge in [0, 0.05) is 17.6 Å². The highest BCUT2D eigenvalue weighted by Crippen LogP contribution is 2.37. The Balaban J connectivity index is 1.92. The summed E-state index contributed by atoms with van der Waals surface area (Å²) in [5, 5.41) is 3.15. The second-order valence-corrected chi connectivity index (χ2v) is 10.4. The SMILES string of the molecule is COc1ccc(S(=O)(=O)N(CC(=O)NCCC2=CCCCC2)c2cc(Cl)ccc2OC)cc1OC. The van der Waals surface area contributed by atoms with Gasteiger partial charge in [-0.15, -0.1) is 0 Å². The minimum Gasteiger partial charge on any atom is -0.495 e. The molecule has 0 spiro atoms. The molecule has 1 aliphatic rings. The van der Waals surface area contributed by atoms with Crippen molar-refractivity contribution in [2.75, 3.05) is 38.7 Å². The van der Waals surface area contributed by atoms with Crippen LogP contribution in [0.25, 0.3) is 0 Å². The molecule has 2 aromatic carbocycles. The molecule has 0 saturated heterocycles. The number of hydrogen-bond donors (Lipinski definition) is 1. The Kier molecular flexibility index (Phi) is 9.28. The molecule has 0 bridgehead atoms. The van der Waals surface area contributed by atoms with E-state index in [1.54, 1.807) is 12.1 Å². The zero-order chi connectivity index (χ0) is 25.4. The maximum atomic E-state index is 13.8. The van der Waals surface area contributed by atoms with Crippen molar-refractivity contribution in [2.24, 2.45) is 0 Å². The molecule has 0 unspecified atom stereocenters. The maximum absolute atomic E-state index is 13.8. The number of rotatable bonds is 11. The monoisotopic (exact) mass is 522 g/mol. The summed E-state index contributed by atoms with van der Waals surface area (Å²) in [5.41, 5.74) is 1.47. The molecule has 0 saturated carbocycles. The number of anilines is 1. The van der Waals surface area contributed by atoms with Crippen molar-refractivity contribution < 1.29 is 27.4 Å². The van der Waals surface area contributed by atoms with E-state index < -0.39 is 22.5 Å². The highest BCUT2D eigenvalue weighted by molar-refractivity contribution is 7.92. The largest absolute Gasteiger partial charge is 0.495 e. The molecule has 1 N–H and O–H groups in total. The Morgan fingerprint density at radius 3 is 2.37 bits per heavy atom. The van der Waals surface area contributed by atoms with Gasteiger partial charge in [-0.05, 0) is 62.4 Å². The van der Waals surface area contributed by atoms with Crippen LogP contribution >= 0.6 is 11.6 Å². The number of carbonyl (C=O) groups excluding carboxylic acids is 1. The van der Waals surface area contributed by atoms with Crippen LogP contribution in [0.1, 0.15) is 32.1 Å². The molecular weight excluding hydrogens is 492 g/mol.